The summed E-state index contributed by atoms with van der Waals surface area (Å²) in [5.41, 5.74) is 0.750. The Bertz CT molecular complexity index is 468. The van der Waals surface area contributed by atoms with Crippen molar-refractivity contribution in [3.05, 3.63) is 29.6 Å². The van der Waals surface area contributed by atoms with Gasteiger partial charge in [0.2, 0.25) is 0 Å². The fourth-order valence-electron chi connectivity index (χ4n) is 2.70. The first kappa shape index (κ1) is 14.8. The first-order chi connectivity index (χ1) is 9.60. The predicted octanol–water partition coefficient (Wildman–Crippen LogP) is 3.85. The zero-order valence-corrected chi connectivity index (χ0v) is 12.1. The summed E-state index contributed by atoms with van der Waals surface area (Å²) in [6.07, 6.45) is 5.03. The largest absolute Gasteiger partial charge is 0.465 e. The molecular formula is C16H22FNO2. The normalized spacial score (nSPS) is 22.4. The molecule has 1 saturated carbocycles. The number of esters is 1. The number of anilines is 1. The zero-order valence-electron chi connectivity index (χ0n) is 12.1. The summed E-state index contributed by atoms with van der Waals surface area (Å²) in [7, 11) is 1.26. The number of benzene rings is 1. The summed E-state index contributed by atoms with van der Waals surface area (Å²) in [5, 5.41) is 3.30. The van der Waals surface area contributed by atoms with Gasteiger partial charge in [0.05, 0.1) is 12.7 Å². The number of carbonyl (C=O) groups excluding carboxylic acids is 1. The van der Waals surface area contributed by atoms with Gasteiger partial charge in [-0.2, -0.15) is 0 Å². The van der Waals surface area contributed by atoms with Gasteiger partial charge in [0, 0.05) is 12.2 Å². The molecular weight excluding hydrogens is 257 g/mol. The van der Waals surface area contributed by atoms with E-state index in [1.807, 2.05) is 0 Å². The van der Waals surface area contributed by atoms with Gasteiger partial charge in [-0.3, -0.25) is 0 Å². The van der Waals surface area contributed by atoms with Crippen LogP contribution in [0.1, 0.15) is 43.0 Å². The van der Waals surface area contributed by atoms with E-state index in [1.54, 1.807) is 6.07 Å². The average molecular weight is 279 g/mol. The zero-order chi connectivity index (χ0) is 14.5. The highest BCUT2D eigenvalue weighted by Gasteiger charge is 2.18. The van der Waals surface area contributed by atoms with Crippen LogP contribution in [0.25, 0.3) is 0 Å². The lowest BCUT2D eigenvalue weighted by Crippen LogP contribution is -2.20. The molecule has 0 spiro atoms. The van der Waals surface area contributed by atoms with E-state index >= 15 is 0 Å². The first-order valence-electron chi connectivity index (χ1n) is 7.22. The average Bonchev–Trinajstić information content (AvgIpc) is 2.47. The minimum atomic E-state index is -0.641. The van der Waals surface area contributed by atoms with Gasteiger partial charge in [-0.05, 0) is 42.9 Å². The van der Waals surface area contributed by atoms with Crippen LogP contribution in [0, 0.1) is 17.7 Å². The van der Waals surface area contributed by atoms with Crippen molar-refractivity contribution >= 4 is 11.7 Å². The highest BCUT2D eigenvalue weighted by molar-refractivity contribution is 5.90. The molecule has 1 fully saturated rings. The van der Waals surface area contributed by atoms with Crippen molar-refractivity contribution in [3.8, 4) is 0 Å². The van der Waals surface area contributed by atoms with Crippen molar-refractivity contribution in [1.29, 1.82) is 0 Å². The number of nitrogens with one attached hydrogen (secondary N) is 1. The SMILES string of the molecule is COC(=O)c1cc(NCC2CCC(C)CC2)ccc1F. The second-order valence-electron chi connectivity index (χ2n) is 5.69. The molecule has 0 saturated heterocycles. The van der Waals surface area contributed by atoms with Crippen molar-refractivity contribution in [1.82, 2.24) is 0 Å². The minimum absolute atomic E-state index is 0.0187. The third-order valence-corrected chi connectivity index (χ3v) is 4.10. The van der Waals surface area contributed by atoms with E-state index in [4.69, 9.17) is 0 Å². The summed E-state index contributed by atoms with van der Waals surface area (Å²) in [6, 6.07) is 4.48. The van der Waals surface area contributed by atoms with Crippen LogP contribution >= 0.6 is 0 Å². The van der Waals surface area contributed by atoms with Crippen LogP contribution in [0.4, 0.5) is 10.1 Å². The molecule has 20 heavy (non-hydrogen) atoms. The fourth-order valence-corrected chi connectivity index (χ4v) is 2.70. The minimum Gasteiger partial charge on any atom is -0.465 e. The van der Waals surface area contributed by atoms with Crippen LogP contribution < -0.4 is 5.32 Å². The summed E-state index contributed by atoms with van der Waals surface area (Å²) in [4.78, 5) is 11.4. The number of carbonyl (C=O) groups is 1. The first-order valence-corrected chi connectivity index (χ1v) is 7.22. The van der Waals surface area contributed by atoms with Crippen molar-refractivity contribution in [2.75, 3.05) is 19.0 Å². The van der Waals surface area contributed by atoms with Crippen LogP contribution in [0.5, 0.6) is 0 Å². The van der Waals surface area contributed by atoms with Crippen LogP contribution in [-0.2, 0) is 4.74 Å². The van der Waals surface area contributed by atoms with Crippen LogP contribution in [0.15, 0.2) is 18.2 Å². The van der Waals surface area contributed by atoms with E-state index in [-0.39, 0.29) is 5.56 Å². The van der Waals surface area contributed by atoms with E-state index in [1.165, 1.54) is 44.9 Å². The molecule has 0 atom stereocenters. The summed E-state index contributed by atoms with van der Waals surface area (Å²) in [5.74, 6) is 0.312. The summed E-state index contributed by atoms with van der Waals surface area (Å²) in [6.45, 7) is 3.17. The molecule has 1 N–H and O–H groups in total. The van der Waals surface area contributed by atoms with Gasteiger partial charge in [-0.25, -0.2) is 9.18 Å². The van der Waals surface area contributed by atoms with Gasteiger partial charge in [0.15, 0.2) is 0 Å². The number of halogens is 1. The molecule has 110 valence electrons. The van der Waals surface area contributed by atoms with Crippen molar-refractivity contribution in [2.24, 2.45) is 11.8 Å². The Morgan fingerprint density at radius 2 is 2.05 bits per heavy atom. The molecule has 0 aromatic heterocycles. The lowest BCUT2D eigenvalue weighted by atomic mass is 9.83. The van der Waals surface area contributed by atoms with Gasteiger partial charge >= 0.3 is 5.97 Å². The topological polar surface area (TPSA) is 38.3 Å². The Kier molecular flexibility index (Phi) is 4.99. The monoisotopic (exact) mass is 279 g/mol. The molecule has 3 nitrogen and oxygen atoms in total. The van der Waals surface area contributed by atoms with E-state index in [2.05, 4.69) is 17.0 Å². The van der Waals surface area contributed by atoms with Crippen LogP contribution in [-0.4, -0.2) is 19.6 Å². The molecule has 4 heteroatoms. The summed E-state index contributed by atoms with van der Waals surface area (Å²) < 4.78 is 18.1. The van der Waals surface area contributed by atoms with Gasteiger partial charge in [-0.1, -0.05) is 19.8 Å². The summed E-state index contributed by atoms with van der Waals surface area (Å²) >= 11 is 0. The van der Waals surface area contributed by atoms with Gasteiger partial charge in [0.25, 0.3) is 0 Å². The lowest BCUT2D eigenvalue weighted by Gasteiger charge is -2.26. The molecule has 0 heterocycles. The predicted molar refractivity (Wildman–Crippen MR) is 77.4 cm³/mol. The third-order valence-electron chi connectivity index (χ3n) is 4.10. The number of rotatable bonds is 4. The quantitative estimate of drug-likeness (QED) is 0.851. The van der Waals surface area contributed by atoms with Gasteiger partial charge in [-0.15, -0.1) is 0 Å². The maximum Gasteiger partial charge on any atom is 0.340 e. The maximum atomic E-state index is 13.5. The maximum absolute atomic E-state index is 13.5. The molecule has 0 aliphatic heterocycles. The lowest BCUT2D eigenvalue weighted by molar-refractivity contribution is 0.0595. The molecule has 1 aliphatic rings. The number of hydrogen-bond donors (Lipinski definition) is 1. The van der Waals surface area contributed by atoms with Gasteiger partial charge < -0.3 is 10.1 Å². The van der Waals surface area contributed by atoms with E-state index in [9.17, 15) is 9.18 Å². The highest BCUT2D eigenvalue weighted by Crippen LogP contribution is 2.28. The van der Waals surface area contributed by atoms with E-state index < -0.39 is 11.8 Å². The molecule has 0 bridgehead atoms. The van der Waals surface area contributed by atoms with Crippen molar-refractivity contribution < 1.29 is 13.9 Å². The Morgan fingerprint density at radius 3 is 2.70 bits per heavy atom. The molecule has 0 amide bonds. The number of ether oxygens (including phenoxy) is 1. The molecule has 0 radical (unpaired) electrons. The van der Waals surface area contributed by atoms with Gasteiger partial charge in [0.1, 0.15) is 5.82 Å². The molecule has 2 rings (SSSR count). The number of methoxy groups -OCH3 is 1. The Balaban J connectivity index is 1.94. The molecule has 0 unspecified atom stereocenters. The second kappa shape index (κ2) is 6.73. The van der Waals surface area contributed by atoms with E-state index in [0.29, 0.717) is 5.92 Å². The smallest absolute Gasteiger partial charge is 0.340 e. The van der Waals surface area contributed by atoms with Crippen LogP contribution in [0.3, 0.4) is 0 Å². The van der Waals surface area contributed by atoms with Crippen LogP contribution in [0.2, 0.25) is 0 Å². The van der Waals surface area contributed by atoms with E-state index in [0.717, 1.165) is 18.2 Å². The van der Waals surface area contributed by atoms with Crippen molar-refractivity contribution in [3.63, 3.8) is 0 Å². The standard InChI is InChI=1S/C16H22FNO2/c1-11-3-5-12(6-4-11)10-18-13-7-8-15(17)14(9-13)16(19)20-2/h7-9,11-12,18H,3-6,10H2,1-2H3. The van der Waals surface area contributed by atoms with Crippen molar-refractivity contribution in [2.45, 2.75) is 32.6 Å². The molecule has 1 aromatic carbocycles. The fraction of sp³-hybridized carbons (Fsp3) is 0.562. The Hall–Kier alpha value is -1.58. The molecule has 1 aliphatic carbocycles. The molecule has 1 aromatic rings. The highest BCUT2D eigenvalue weighted by atomic mass is 19.1. The second-order valence-corrected chi connectivity index (χ2v) is 5.69. The Labute approximate surface area is 119 Å². The third kappa shape index (κ3) is 3.71. The number of hydrogen-bond acceptors (Lipinski definition) is 3. The Morgan fingerprint density at radius 1 is 1.35 bits per heavy atom.